The van der Waals surface area contributed by atoms with E-state index in [2.05, 4.69) is 27.7 Å². The Morgan fingerprint density at radius 3 is 1.48 bits per heavy atom. The molecule has 8 aliphatic carbocycles. The third-order valence-electron chi connectivity index (χ3n) is 17.9. The molecule has 0 amide bonds. The predicted octanol–water partition coefficient (Wildman–Crippen LogP) is 5.72. The summed E-state index contributed by atoms with van der Waals surface area (Å²) in [5.41, 5.74) is -2.07. The van der Waals surface area contributed by atoms with E-state index in [0.29, 0.717) is 50.4 Å². The Kier molecular flexibility index (Phi) is 10.4. The summed E-state index contributed by atoms with van der Waals surface area (Å²) in [6, 6.07) is 0. The Labute approximate surface area is 322 Å². The maximum Gasteiger partial charge on any atom is 0.190 e. The molecule has 0 radical (unpaired) electrons. The van der Waals surface area contributed by atoms with Crippen LogP contribution >= 0.6 is 0 Å². The van der Waals surface area contributed by atoms with E-state index in [0.717, 1.165) is 38.5 Å². The molecule has 0 aromatic heterocycles. The maximum atomic E-state index is 12.4. The fraction of sp³-hybridized carbons (Fsp3) is 0.822. The smallest absolute Gasteiger partial charge is 0.190 e. The van der Waals surface area contributed by atoms with Crippen LogP contribution in [0.4, 0.5) is 0 Å². The van der Waals surface area contributed by atoms with Crippen LogP contribution in [-0.4, -0.2) is 78.7 Å². The van der Waals surface area contributed by atoms with Gasteiger partial charge in [0.1, 0.15) is 17.8 Å². The van der Waals surface area contributed by atoms with Crippen molar-refractivity contribution in [3.05, 3.63) is 23.3 Å². The van der Waals surface area contributed by atoms with Crippen LogP contribution in [0.15, 0.2) is 23.3 Å². The maximum absolute atomic E-state index is 12.4. The number of allylic oxidation sites excluding steroid dienone is 2. The second-order valence-electron chi connectivity index (χ2n) is 20.1. The van der Waals surface area contributed by atoms with Gasteiger partial charge in [-0.2, -0.15) is 0 Å². The van der Waals surface area contributed by atoms with Gasteiger partial charge in [-0.05, 0) is 141 Å². The summed E-state index contributed by atoms with van der Waals surface area (Å²) in [4.78, 5) is 48.8. The normalized spacial score (nSPS) is 51.6. The summed E-state index contributed by atoms with van der Waals surface area (Å²) in [7, 11) is 0. The molecule has 0 aromatic carbocycles. The Morgan fingerprint density at radius 2 is 1.09 bits per heavy atom. The van der Waals surface area contributed by atoms with Crippen LogP contribution < -0.4 is 0 Å². The van der Waals surface area contributed by atoms with Gasteiger partial charge in [0.15, 0.2) is 23.1 Å². The number of carbonyl (C=O) groups excluding carboxylic acids is 4. The van der Waals surface area contributed by atoms with Gasteiger partial charge in [0.05, 0.1) is 12.2 Å². The highest BCUT2D eigenvalue weighted by Gasteiger charge is 2.70. The molecule has 9 heteroatoms. The molecule has 0 bridgehead atoms. The number of aliphatic hydroxyl groups excluding tert-OH is 3. The lowest BCUT2D eigenvalue weighted by atomic mass is 9.44. The van der Waals surface area contributed by atoms with Crippen molar-refractivity contribution in [2.45, 2.75) is 156 Å². The first-order chi connectivity index (χ1) is 24.6. The van der Waals surface area contributed by atoms with Crippen molar-refractivity contribution in [2.24, 2.45) is 69.0 Å². The van der Waals surface area contributed by atoms with E-state index < -0.39 is 46.6 Å². The number of hydrogen-bond acceptors (Lipinski definition) is 9. The first-order valence-corrected chi connectivity index (χ1v) is 20.6. The number of Topliss-reactive ketones (excluding diaryl/α,β-unsaturated/α-hetero) is 2. The summed E-state index contributed by atoms with van der Waals surface area (Å²) in [5, 5.41) is 54.4. The van der Waals surface area contributed by atoms with Crippen LogP contribution in [0, 0.1) is 69.0 Å². The van der Waals surface area contributed by atoms with Gasteiger partial charge in [0.2, 0.25) is 0 Å². The summed E-state index contributed by atoms with van der Waals surface area (Å²) in [6.07, 6.45) is 10.3. The van der Waals surface area contributed by atoms with E-state index in [4.69, 9.17) is 0 Å². The van der Waals surface area contributed by atoms with Gasteiger partial charge in [-0.15, -0.1) is 0 Å². The number of carbonyl (C=O) groups is 4. The van der Waals surface area contributed by atoms with Gasteiger partial charge in [-0.1, -0.05) is 60.1 Å². The van der Waals surface area contributed by atoms with Gasteiger partial charge in [0.25, 0.3) is 0 Å². The standard InChI is InChI=1S/C22H32O5.C22H32O4.CH4/c1-12-8-14-15-5-7-22(27,18(26)11-23)21(15,3)10-17(25)19(14)20(2)6-4-13(24)9-16(12)20;1-12-9-15-16-6-8-22(26,13(2)23)21(16,4)11-18(25)19(15)20(3)7-5-14(24)10-17(12)20;/h9,12,14-15,17,19,23,25,27H,4-8,10-11H2,1-3H3;10,12,15-16,18-19,25-26H,5-9,11H2,1-4H3;1H4/t12-,14?,15?,17-,19?,20-,21-,22-;12-,15?,16?,18-,19?,20-,21-,22-;/m00./s1. The molecule has 6 saturated carbocycles. The Hall–Kier alpha value is -2.04. The lowest BCUT2D eigenvalue weighted by Crippen LogP contribution is -2.62. The minimum Gasteiger partial charge on any atom is -0.393 e. The molecule has 0 aromatic rings. The first kappa shape index (κ1) is 41.6. The van der Waals surface area contributed by atoms with Crippen LogP contribution in [0.3, 0.4) is 0 Å². The average molecular weight is 753 g/mol. The van der Waals surface area contributed by atoms with Crippen LogP contribution in [0.2, 0.25) is 0 Å². The Morgan fingerprint density at radius 1 is 0.704 bits per heavy atom. The molecule has 16 atom stereocenters. The molecule has 5 N–H and O–H groups in total. The predicted molar refractivity (Wildman–Crippen MR) is 205 cm³/mol. The van der Waals surface area contributed by atoms with Gasteiger partial charge in [-0.25, -0.2) is 0 Å². The van der Waals surface area contributed by atoms with Crippen molar-refractivity contribution in [1.82, 2.24) is 0 Å². The topological polar surface area (TPSA) is 169 Å². The van der Waals surface area contributed by atoms with E-state index in [1.807, 2.05) is 26.0 Å². The van der Waals surface area contributed by atoms with Gasteiger partial charge in [-0.3, -0.25) is 19.2 Å². The molecule has 8 rings (SSSR count). The summed E-state index contributed by atoms with van der Waals surface area (Å²) >= 11 is 0. The van der Waals surface area contributed by atoms with E-state index in [-0.39, 0.29) is 71.1 Å². The zero-order valence-corrected chi connectivity index (χ0v) is 33.0. The summed E-state index contributed by atoms with van der Waals surface area (Å²) in [6.45, 7) is 13.6. The first-order valence-electron chi connectivity index (χ1n) is 20.6. The molecular weight excluding hydrogens is 684 g/mol. The molecule has 0 aliphatic heterocycles. The third kappa shape index (κ3) is 5.47. The van der Waals surface area contributed by atoms with Crippen molar-refractivity contribution in [1.29, 1.82) is 0 Å². The fourth-order valence-corrected chi connectivity index (χ4v) is 15.4. The largest absolute Gasteiger partial charge is 0.393 e. The molecule has 9 nitrogen and oxygen atoms in total. The molecule has 6 fully saturated rings. The van der Waals surface area contributed by atoms with Gasteiger partial charge in [0, 0.05) is 23.7 Å². The van der Waals surface area contributed by atoms with Gasteiger partial charge >= 0.3 is 0 Å². The SMILES string of the molecule is C.CC(=O)[C@@]1(O)CCC2C3C[C@H](C)C4=CC(=O)CC[C@]4(C)C3[C@@H](O)C[C@@]21C.C[C@H]1CC2C([C@@H](O)C[C@@]3(C)C2CC[C@]3(O)C(=O)CO)[C@@]2(C)CCC(=O)C=C12. The molecule has 0 heterocycles. The second-order valence-corrected chi connectivity index (χ2v) is 20.1. The number of hydrogen-bond donors (Lipinski definition) is 5. The average Bonchev–Trinajstić information content (AvgIpc) is 3.51. The lowest BCUT2D eigenvalue weighted by Gasteiger charge is -2.61. The Balaban J connectivity index is 0.000000181. The molecule has 6 unspecified atom stereocenters. The van der Waals surface area contributed by atoms with Crippen LogP contribution in [0.25, 0.3) is 0 Å². The van der Waals surface area contributed by atoms with Crippen LogP contribution in [-0.2, 0) is 19.2 Å². The van der Waals surface area contributed by atoms with Crippen molar-refractivity contribution in [2.75, 3.05) is 6.61 Å². The summed E-state index contributed by atoms with van der Waals surface area (Å²) < 4.78 is 0. The number of fused-ring (bicyclic) bond motifs is 10. The lowest BCUT2D eigenvalue weighted by molar-refractivity contribution is -0.184. The minimum atomic E-state index is -1.55. The molecule has 8 aliphatic rings. The fourth-order valence-electron chi connectivity index (χ4n) is 15.4. The molecule has 54 heavy (non-hydrogen) atoms. The number of ketones is 4. The molecule has 302 valence electrons. The minimum absolute atomic E-state index is 0. The zero-order chi connectivity index (χ0) is 38.8. The highest BCUT2D eigenvalue weighted by molar-refractivity contribution is 5.92. The zero-order valence-electron chi connectivity index (χ0n) is 33.0. The second kappa shape index (κ2) is 13.5. The van der Waals surface area contributed by atoms with E-state index in [9.17, 15) is 44.7 Å². The molecule has 0 saturated heterocycles. The molecule has 0 spiro atoms. The van der Waals surface area contributed by atoms with Crippen molar-refractivity contribution < 1.29 is 44.7 Å². The van der Waals surface area contributed by atoms with Crippen molar-refractivity contribution >= 4 is 23.1 Å². The highest BCUT2D eigenvalue weighted by Crippen LogP contribution is 2.70. The van der Waals surface area contributed by atoms with Crippen LogP contribution in [0.5, 0.6) is 0 Å². The van der Waals surface area contributed by atoms with E-state index in [1.54, 1.807) is 0 Å². The van der Waals surface area contributed by atoms with E-state index >= 15 is 0 Å². The van der Waals surface area contributed by atoms with E-state index in [1.165, 1.54) is 18.1 Å². The quantitative estimate of drug-likeness (QED) is 0.242. The highest BCUT2D eigenvalue weighted by atomic mass is 16.3. The van der Waals surface area contributed by atoms with Crippen molar-refractivity contribution in [3.63, 3.8) is 0 Å². The molecular formula is C45H68O9. The summed E-state index contributed by atoms with van der Waals surface area (Å²) in [5.74, 6) is 1.37. The number of aliphatic hydroxyl groups is 5. The Bertz CT molecular complexity index is 1650. The monoisotopic (exact) mass is 752 g/mol. The van der Waals surface area contributed by atoms with Crippen LogP contribution in [0.1, 0.15) is 133 Å². The third-order valence-corrected chi connectivity index (χ3v) is 17.9. The number of rotatable bonds is 3. The van der Waals surface area contributed by atoms with Crippen molar-refractivity contribution in [3.8, 4) is 0 Å². The van der Waals surface area contributed by atoms with Gasteiger partial charge < -0.3 is 25.5 Å².